The second-order valence-electron chi connectivity index (χ2n) is 6.60. The van der Waals surface area contributed by atoms with Gasteiger partial charge < -0.3 is 4.90 Å². The molecule has 0 N–H and O–H groups in total. The maximum Gasteiger partial charge on any atom is 0.501 e. The van der Waals surface area contributed by atoms with E-state index in [1.807, 2.05) is 22.9 Å². The van der Waals surface area contributed by atoms with E-state index < -0.39 is 11.3 Å². The zero-order valence-corrected chi connectivity index (χ0v) is 17.2. The summed E-state index contributed by atoms with van der Waals surface area (Å²) in [4.78, 5) is 42.5. The van der Waals surface area contributed by atoms with Crippen LogP contribution in [-0.4, -0.2) is 69.9 Å². The van der Waals surface area contributed by atoms with E-state index in [-0.39, 0.29) is 18.4 Å². The van der Waals surface area contributed by atoms with Gasteiger partial charge in [0.15, 0.2) is 11.8 Å². The Bertz CT molecular complexity index is 786. The van der Waals surface area contributed by atoms with Crippen LogP contribution in [0.3, 0.4) is 0 Å². The zero-order valence-electron chi connectivity index (χ0n) is 15.6. The van der Waals surface area contributed by atoms with E-state index >= 15 is 0 Å². The van der Waals surface area contributed by atoms with E-state index in [2.05, 4.69) is 6.92 Å². The van der Waals surface area contributed by atoms with Crippen molar-refractivity contribution in [2.24, 2.45) is 0 Å². The number of imide groups is 1. The molecule has 1 aromatic heterocycles. The predicted octanol–water partition coefficient (Wildman–Crippen LogP) is 2.59. The molecule has 2 aliphatic heterocycles. The van der Waals surface area contributed by atoms with Gasteiger partial charge in [0.2, 0.25) is 0 Å². The van der Waals surface area contributed by atoms with Gasteiger partial charge in [-0.2, -0.15) is 14.3 Å². The monoisotopic (exact) mass is 406 g/mol. The van der Waals surface area contributed by atoms with E-state index in [9.17, 15) is 14.4 Å². The van der Waals surface area contributed by atoms with Gasteiger partial charge in [0, 0.05) is 24.9 Å². The Morgan fingerprint density at radius 3 is 2.89 bits per heavy atom. The van der Waals surface area contributed by atoms with E-state index in [4.69, 9.17) is 0 Å². The Morgan fingerprint density at radius 2 is 2.19 bits per heavy atom. The van der Waals surface area contributed by atoms with E-state index in [1.54, 1.807) is 29.4 Å². The van der Waals surface area contributed by atoms with Crippen molar-refractivity contribution in [2.75, 3.05) is 26.7 Å². The van der Waals surface area contributed by atoms with Crippen LogP contribution in [0.25, 0.3) is 0 Å². The SMILES string of the molecule is CCCCN(C)C(=O)C[N+]1=C2C=CSC2C(=O)N(CCc2cccs2)C1=O. The minimum absolute atomic E-state index is 0.0292. The first kappa shape index (κ1) is 19.8. The van der Waals surface area contributed by atoms with E-state index in [0.717, 1.165) is 17.7 Å². The van der Waals surface area contributed by atoms with Crippen LogP contribution in [0.2, 0.25) is 0 Å². The maximum absolute atomic E-state index is 13.0. The molecule has 144 valence electrons. The quantitative estimate of drug-likeness (QED) is 0.623. The number of hydrogen-bond acceptors (Lipinski definition) is 5. The smallest absolute Gasteiger partial charge is 0.342 e. The highest BCUT2D eigenvalue weighted by molar-refractivity contribution is 8.04. The Labute approximate surface area is 167 Å². The number of rotatable bonds is 8. The molecule has 0 bridgehead atoms. The van der Waals surface area contributed by atoms with E-state index in [0.29, 0.717) is 25.2 Å². The molecule has 2 aliphatic rings. The van der Waals surface area contributed by atoms with Gasteiger partial charge in [-0.25, -0.2) is 4.79 Å². The van der Waals surface area contributed by atoms with Gasteiger partial charge in [0.25, 0.3) is 5.91 Å². The zero-order chi connectivity index (χ0) is 19.4. The van der Waals surface area contributed by atoms with Crippen LogP contribution >= 0.6 is 23.1 Å². The summed E-state index contributed by atoms with van der Waals surface area (Å²) in [5.74, 6) is -0.300. The lowest BCUT2D eigenvalue weighted by Gasteiger charge is -2.25. The molecule has 1 unspecified atom stereocenters. The third-order valence-electron chi connectivity index (χ3n) is 4.71. The van der Waals surface area contributed by atoms with Crippen molar-refractivity contribution in [1.82, 2.24) is 9.80 Å². The molecule has 8 heteroatoms. The Hall–Kier alpha value is -1.93. The number of carbonyl (C=O) groups is 3. The fraction of sp³-hybridized carbons (Fsp3) is 0.474. The molecule has 0 radical (unpaired) electrons. The van der Waals surface area contributed by atoms with E-state index in [1.165, 1.54) is 21.2 Å². The molecule has 0 aliphatic carbocycles. The number of hydrogen-bond donors (Lipinski definition) is 0. The Morgan fingerprint density at radius 1 is 1.37 bits per heavy atom. The summed E-state index contributed by atoms with van der Waals surface area (Å²) in [6.45, 7) is 3.05. The molecule has 3 rings (SSSR count). The van der Waals surface area contributed by atoms with Crippen LogP contribution in [0.4, 0.5) is 4.79 Å². The van der Waals surface area contributed by atoms with Crippen LogP contribution in [0, 0.1) is 0 Å². The van der Waals surface area contributed by atoms with Crippen LogP contribution in [0.5, 0.6) is 0 Å². The molecule has 27 heavy (non-hydrogen) atoms. The number of likely N-dealkylation sites (N-methyl/N-ethyl adjacent to an activating group) is 1. The molecule has 1 aromatic rings. The molecule has 0 saturated heterocycles. The molecule has 0 fully saturated rings. The highest BCUT2D eigenvalue weighted by atomic mass is 32.2. The summed E-state index contributed by atoms with van der Waals surface area (Å²) >= 11 is 3.00. The number of nitrogens with zero attached hydrogens (tertiary/aromatic N) is 3. The molecule has 3 heterocycles. The largest absolute Gasteiger partial charge is 0.501 e. The first-order valence-electron chi connectivity index (χ1n) is 9.11. The summed E-state index contributed by atoms with van der Waals surface area (Å²) < 4.78 is 1.47. The number of thiophene rings is 1. The summed E-state index contributed by atoms with van der Waals surface area (Å²) in [5, 5.41) is 3.38. The fourth-order valence-corrected chi connectivity index (χ4v) is 4.73. The average molecular weight is 407 g/mol. The number of amides is 4. The second-order valence-corrected chi connectivity index (χ2v) is 8.65. The maximum atomic E-state index is 13.0. The lowest BCUT2D eigenvalue weighted by molar-refractivity contribution is -0.427. The van der Waals surface area contributed by atoms with Crippen molar-refractivity contribution < 1.29 is 19.0 Å². The standard InChI is InChI=1S/C19H24N3O3S2/c1-3-4-9-20(2)16(23)13-22-15-8-12-27-17(15)18(24)21(19(22)25)10-7-14-6-5-11-26-14/h5-6,8,11-12,17H,3-4,7,9-10,13H2,1-2H3/q+1. The van der Waals surface area contributed by atoms with Gasteiger partial charge in [-0.3, -0.25) is 4.79 Å². The average Bonchev–Trinajstić information content (AvgIpc) is 3.34. The number of unbranched alkanes of at least 4 members (excludes halogenated alkanes) is 1. The minimum Gasteiger partial charge on any atom is -0.342 e. The van der Waals surface area contributed by atoms with Crippen LogP contribution < -0.4 is 0 Å². The topological polar surface area (TPSA) is 60.7 Å². The lowest BCUT2D eigenvalue weighted by atomic mass is 10.1. The van der Waals surface area contributed by atoms with Crippen molar-refractivity contribution in [2.45, 2.75) is 31.4 Å². The van der Waals surface area contributed by atoms with Gasteiger partial charge in [0.05, 0.1) is 0 Å². The third-order valence-corrected chi connectivity index (χ3v) is 6.66. The van der Waals surface area contributed by atoms with Crippen LogP contribution in [0.1, 0.15) is 24.6 Å². The summed E-state index contributed by atoms with van der Waals surface area (Å²) in [6, 6.07) is 3.56. The summed E-state index contributed by atoms with van der Waals surface area (Å²) in [7, 11) is 1.76. The summed E-state index contributed by atoms with van der Waals surface area (Å²) in [5.41, 5.74) is 0.625. The fourth-order valence-electron chi connectivity index (χ4n) is 3.07. The molecule has 4 amide bonds. The van der Waals surface area contributed by atoms with Crippen LogP contribution in [-0.2, 0) is 16.0 Å². The lowest BCUT2D eigenvalue weighted by Crippen LogP contribution is -2.57. The minimum atomic E-state index is -0.431. The molecular weight excluding hydrogens is 382 g/mol. The van der Waals surface area contributed by atoms with Gasteiger partial charge >= 0.3 is 11.9 Å². The Kier molecular flexibility index (Phi) is 6.49. The first-order chi connectivity index (χ1) is 13.0. The molecule has 0 saturated carbocycles. The number of thioether (sulfide) groups is 1. The van der Waals surface area contributed by atoms with Gasteiger partial charge in [-0.15, -0.1) is 23.1 Å². The predicted molar refractivity (Wildman–Crippen MR) is 108 cm³/mol. The highest BCUT2D eigenvalue weighted by Gasteiger charge is 2.49. The number of urea groups is 1. The molecule has 6 nitrogen and oxygen atoms in total. The number of carbonyl (C=O) groups excluding carboxylic acids is 3. The van der Waals surface area contributed by atoms with Crippen molar-refractivity contribution >= 4 is 46.7 Å². The van der Waals surface area contributed by atoms with Crippen LogP contribution in [0.15, 0.2) is 29.0 Å². The highest BCUT2D eigenvalue weighted by Crippen LogP contribution is 2.28. The third kappa shape index (κ3) is 4.32. The van der Waals surface area contributed by atoms with Crippen molar-refractivity contribution in [1.29, 1.82) is 0 Å². The molecule has 0 aromatic carbocycles. The Balaban J connectivity index is 1.77. The van der Waals surface area contributed by atoms with Crippen molar-refractivity contribution in [3.8, 4) is 0 Å². The molecular formula is C19H24N3O3S2+. The molecule has 0 spiro atoms. The van der Waals surface area contributed by atoms with Gasteiger partial charge in [0.1, 0.15) is 12.3 Å². The van der Waals surface area contributed by atoms with Crippen molar-refractivity contribution in [3.05, 3.63) is 33.9 Å². The second kappa shape index (κ2) is 8.84. The first-order valence-corrected chi connectivity index (χ1v) is 10.9. The van der Waals surface area contributed by atoms with Gasteiger partial charge in [-0.1, -0.05) is 19.4 Å². The number of allylic oxidation sites excluding steroid dienone is 1. The normalized spacial score (nSPS) is 19.0. The summed E-state index contributed by atoms with van der Waals surface area (Å²) in [6.07, 6.45) is 4.34. The van der Waals surface area contributed by atoms with Gasteiger partial charge in [-0.05, 0) is 29.4 Å². The number of fused-ring (bicyclic) bond motifs is 1. The van der Waals surface area contributed by atoms with Crippen molar-refractivity contribution in [3.63, 3.8) is 0 Å². The molecule has 1 atom stereocenters.